The molecular weight excluding hydrogens is 296 g/mol. The average molecular weight is 315 g/mol. The fraction of sp³-hybridized carbons (Fsp3) is 0.278. The SMILES string of the molecule is O=C(CCN1CCc2ccccc2C1)Nc1ccc(Cl)cc1. The molecule has 3 nitrogen and oxygen atoms in total. The van der Waals surface area contributed by atoms with E-state index in [1.54, 1.807) is 12.1 Å². The summed E-state index contributed by atoms with van der Waals surface area (Å²) in [4.78, 5) is 14.4. The Labute approximate surface area is 135 Å². The number of halogens is 1. The lowest BCUT2D eigenvalue weighted by Crippen LogP contribution is -2.33. The second-order valence-corrected chi connectivity index (χ2v) is 6.04. The van der Waals surface area contributed by atoms with E-state index in [2.05, 4.69) is 34.5 Å². The van der Waals surface area contributed by atoms with Gasteiger partial charge in [0.05, 0.1) is 0 Å². The van der Waals surface area contributed by atoms with Gasteiger partial charge in [-0.1, -0.05) is 35.9 Å². The molecule has 22 heavy (non-hydrogen) atoms. The molecule has 1 N–H and O–H groups in total. The van der Waals surface area contributed by atoms with Crippen LogP contribution in [0.4, 0.5) is 5.69 Å². The number of benzene rings is 2. The van der Waals surface area contributed by atoms with E-state index in [-0.39, 0.29) is 5.91 Å². The Balaban J connectivity index is 1.49. The summed E-state index contributed by atoms with van der Waals surface area (Å²) in [6.45, 7) is 2.74. The van der Waals surface area contributed by atoms with Gasteiger partial charge in [-0.2, -0.15) is 0 Å². The smallest absolute Gasteiger partial charge is 0.225 e. The minimum atomic E-state index is 0.0428. The molecule has 1 amide bonds. The molecule has 1 aliphatic rings. The van der Waals surface area contributed by atoms with Gasteiger partial charge in [-0.05, 0) is 41.8 Å². The third-order valence-electron chi connectivity index (χ3n) is 3.99. The standard InChI is InChI=1S/C18H19ClN2O/c19-16-5-7-17(8-6-16)20-18(22)10-12-21-11-9-14-3-1-2-4-15(14)13-21/h1-8H,9-13H2,(H,20,22). The molecule has 0 aromatic heterocycles. The van der Waals surface area contributed by atoms with Crippen LogP contribution in [0.2, 0.25) is 5.02 Å². The van der Waals surface area contributed by atoms with E-state index < -0.39 is 0 Å². The molecule has 0 spiro atoms. The molecule has 0 radical (unpaired) electrons. The van der Waals surface area contributed by atoms with Crippen molar-refractivity contribution in [1.29, 1.82) is 0 Å². The van der Waals surface area contributed by atoms with E-state index in [0.29, 0.717) is 11.4 Å². The van der Waals surface area contributed by atoms with Gasteiger partial charge in [0.1, 0.15) is 0 Å². The van der Waals surface area contributed by atoms with E-state index >= 15 is 0 Å². The zero-order valence-corrected chi connectivity index (χ0v) is 13.1. The molecule has 1 aliphatic heterocycles. The van der Waals surface area contributed by atoms with Crippen LogP contribution in [0.15, 0.2) is 48.5 Å². The summed E-state index contributed by atoms with van der Waals surface area (Å²) in [6.07, 6.45) is 1.57. The second-order valence-electron chi connectivity index (χ2n) is 5.60. The average Bonchev–Trinajstić information content (AvgIpc) is 2.55. The normalized spacial score (nSPS) is 14.4. The van der Waals surface area contributed by atoms with Gasteiger partial charge in [0.25, 0.3) is 0 Å². The first-order valence-corrected chi connectivity index (χ1v) is 7.93. The Hall–Kier alpha value is -1.84. The topological polar surface area (TPSA) is 32.3 Å². The zero-order chi connectivity index (χ0) is 15.4. The molecule has 0 bridgehead atoms. The highest BCUT2D eigenvalue weighted by Gasteiger charge is 2.16. The highest BCUT2D eigenvalue weighted by atomic mass is 35.5. The van der Waals surface area contributed by atoms with Gasteiger partial charge in [0.2, 0.25) is 5.91 Å². The summed E-state index contributed by atoms with van der Waals surface area (Å²) in [7, 11) is 0. The second kappa shape index (κ2) is 6.95. The summed E-state index contributed by atoms with van der Waals surface area (Å²) in [5.41, 5.74) is 3.61. The fourth-order valence-electron chi connectivity index (χ4n) is 2.76. The molecule has 4 heteroatoms. The highest BCUT2D eigenvalue weighted by Crippen LogP contribution is 2.18. The molecule has 1 heterocycles. The number of fused-ring (bicyclic) bond motifs is 1. The number of nitrogens with zero attached hydrogens (tertiary/aromatic N) is 1. The largest absolute Gasteiger partial charge is 0.326 e. The van der Waals surface area contributed by atoms with Crippen molar-refractivity contribution in [1.82, 2.24) is 4.90 Å². The molecule has 0 saturated carbocycles. The lowest BCUT2D eigenvalue weighted by Gasteiger charge is -2.28. The lowest BCUT2D eigenvalue weighted by atomic mass is 10.00. The van der Waals surface area contributed by atoms with Crippen LogP contribution in [0, 0.1) is 0 Å². The van der Waals surface area contributed by atoms with E-state index in [4.69, 9.17) is 11.6 Å². The number of anilines is 1. The fourth-order valence-corrected chi connectivity index (χ4v) is 2.89. The molecular formula is C18H19ClN2O. The van der Waals surface area contributed by atoms with Crippen molar-refractivity contribution >= 4 is 23.2 Å². The number of amides is 1. The van der Waals surface area contributed by atoms with Gasteiger partial charge < -0.3 is 5.32 Å². The number of rotatable bonds is 4. The zero-order valence-electron chi connectivity index (χ0n) is 12.4. The van der Waals surface area contributed by atoms with E-state index in [1.165, 1.54) is 11.1 Å². The van der Waals surface area contributed by atoms with E-state index in [1.807, 2.05) is 12.1 Å². The molecule has 0 atom stereocenters. The maximum atomic E-state index is 12.0. The Morgan fingerprint density at radius 2 is 1.82 bits per heavy atom. The van der Waals surface area contributed by atoms with Crippen molar-refractivity contribution < 1.29 is 4.79 Å². The third kappa shape index (κ3) is 3.87. The Kier molecular flexibility index (Phi) is 4.76. The van der Waals surface area contributed by atoms with Crippen LogP contribution in [0.3, 0.4) is 0 Å². The van der Waals surface area contributed by atoms with E-state index in [0.717, 1.165) is 31.7 Å². The number of hydrogen-bond donors (Lipinski definition) is 1. The minimum absolute atomic E-state index is 0.0428. The summed E-state index contributed by atoms with van der Waals surface area (Å²) < 4.78 is 0. The summed E-state index contributed by atoms with van der Waals surface area (Å²) in [5, 5.41) is 3.57. The number of carbonyl (C=O) groups is 1. The quantitative estimate of drug-likeness (QED) is 0.932. The van der Waals surface area contributed by atoms with Crippen molar-refractivity contribution in [3.8, 4) is 0 Å². The molecule has 0 fully saturated rings. The first-order chi connectivity index (χ1) is 10.7. The first-order valence-electron chi connectivity index (χ1n) is 7.55. The molecule has 3 rings (SSSR count). The molecule has 0 unspecified atom stereocenters. The first kappa shape index (κ1) is 15.1. The number of carbonyl (C=O) groups excluding carboxylic acids is 1. The van der Waals surface area contributed by atoms with Crippen LogP contribution >= 0.6 is 11.6 Å². The molecule has 2 aromatic rings. The maximum Gasteiger partial charge on any atom is 0.225 e. The number of hydrogen-bond acceptors (Lipinski definition) is 2. The maximum absolute atomic E-state index is 12.0. The van der Waals surface area contributed by atoms with Gasteiger partial charge in [-0.25, -0.2) is 0 Å². The van der Waals surface area contributed by atoms with Crippen molar-refractivity contribution in [2.24, 2.45) is 0 Å². The van der Waals surface area contributed by atoms with Crippen molar-refractivity contribution in [3.05, 3.63) is 64.7 Å². The molecule has 2 aromatic carbocycles. The highest BCUT2D eigenvalue weighted by molar-refractivity contribution is 6.30. The van der Waals surface area contributed by atoms with Crippen molar-refractivity contribution in [3.63, 3.8) is 0 Å². The van der Waals surface area contributed by atoms with Gasteiger partial charge in [0.15, 0.2) is 0 Å². The van der Waals surface area contributed by atoms with Gasteiger partial charge in [0, 0.05) is 36.8 Å². The molecule has 0 aliphatic carbocycles. The third-order valence-corrected chi connectivity index (χ3v) is 4.24. The molecule has 114 valence electrons. The van der Waals surface area contributed by atoms with E-state index in [9.17, 15) is 4.79 Å². The lowest BCUT2D eigenvalue weighted by molar-refractivity contribution is -0.116. The van der Waals surface area contributed by atoms with Crippen LogP contribution in [0.5, 0.6) is 0 Å². The van der Waals surface area contributed by atoms with Crippen LogP contribution in [0.1, 0.15) is 17.5 Å². The summed E-state index contributed by atoms with van der Waals surface area (Å²) in [5.74, 6) is 0.0428. The van der Waals surface area contributed by atoms with Crippen molar-refractivity contribution in [2.75, 3.05) is 18.4 Å². The Morgan fingerprint density at radius 3 is 2.59 bits per heavy atom. The van der Waals surface area contributed by atoms with Gasteiger partial charge in [-0.15, -0.1) is 0 Å². The van der Waals surface area contributed by atoms with Gasteiger partial charge in [-0.3, -0.25) is 9.69 Å². The monoisotopic (exact) mass is 314 g/mol. The van der Waals surface area contributed by atoms with Gasteiger partial charge >= 0.3 is 0 Å². The van der Waals surface area contributed by atoms with Crippen LogP contribution in [0.25, 0.3) is 0 Å². The predicted octanol–water partition coefficient (Wildman–Crippen LogP) is 3.73. The van der Waals surface area contributed by atoms with Crippen LogP contribution in [-0.4, -0.2) is 23.9 Å². The van der Waals surface area contributed by atoms with Crippen LogP contribution in [-0.2, 0) is 17.8 Å². The molecule has 0 saturated heterocycles. The predicted molar refractivity (Wildman–Crippen MR) is 90.1 cm³/mol. The van der Waals surface area contributed by atoms with Crippen LogP contribution < -0.4 is 5.32 Å². The minimum Gasteiger partial charge on any atom is -0.326 e. The Bertz CT molecular complexity index is 654. The Morgan fingerprint density at radius 1 is 1.09 bits per heavy atom. The summed E-state index contributed by atoms with van der Waals surface area (Å²) in [6, 6.07) is 15.7. The number of nitrogens with one attached hydrogen (secondary N) is 1. The summed E-state index contributed by atoms with van der Waals surface area (Å²) >= 11 is 5.83. The van der Waals surface area contributed by atoms with Crippen molar-refractivity contribution in [2.45, 2.75) is 19.4 Å².